The van der Waals surface area contributed by atoms with Crippen LogP contribution in [0.25, 0.3) is 0 Å². The van der Waals surface area contributed by atoms with Crippen molar-refractivity contribution in [3.8, 4) is 0 Å². The number of rotatable bonds is 3. The van der Waals surface area contributed by atoms with Gasteiger partial charge >= 0.3 is 0 Å². The van der Waals surface area contributed by atoms with Crippen LogP contribution in [0, 0.1) is 6.92 Å². The molecule has 0 bridgehead atoms. The molecule has 1 aliphatic heterocycles. The molecule has 0 N–H and O–H groups in total. The van der Waals surface area contributed by atoms with Crippen molar-refractivity contribution < 1.29 is 0 Å². The molecule has 1 aromatic heterocycles. The molecule has 2 heterocycles. The Bertz CT molecular complexity index is 536. The third-order valence-corrected chi connectivity index (χ3v) is 3.96. The van der Waals surface area contributed by atoms with Crippen molar-refractivity contribution in [3.05, 3.63) is 65.5 Å². The Morgan fingerprint density at radius 1 is 1.16 bits per heavy atom. The summed E-state index contributed by atoms with van der Waals surface area (Å²) in [6.45, 7) is 4.37. The second kappa shape index (κ2) is 5.54. The lowest BCUT2D eigenvalue weighted by Crippen LogP contribution is -2.24. The van der Waals surface area contributed by atoms with Crippen LogP contribution >= 0.6 is 0 Å². The molecule has 1 saturated heterocycles. The first-order valence-corrected chi connectivity index (χ1v) is 7.04. The number of aryl methyl sites for hydroxylation is 1. The molecule has 2 heteroatoms. The maximum absolute atomic E-state index is 4.61. The van der Waals surface area contributed by atoms with Gasteiger partial charge in [-0.1, -0.05) is 36.4 Å². The van der Waals surface area contributed by atoms with E-state index in [-0.39, 0.29) is 0 Å². The van der Waals surface area contributed by atoms with Gasteiger partial charge in [0.25, 0.3) is 0 Å². The van der Waals surface area contributed by atoms with Gasteiger partial charge in [0.05, 0.1) is 11.7 Å². The smallest absolute Gasteiger partial charge is 0.0604 e. The third kappa shape index (κ3) is 2.69. The molecule has 0 aliphatic carbocycles. The molecule has 0 amide bonds. The molecule has 2 aromatic rings. The fourth-order valence-corrected chi connectivity index (χ4v) is 2.99. The van der Waals surface area contributed by atoms with Gasteiger partial charge < -0.3 is 0 Å². The highest BCUT2D eigenvalue weighted by atomic mass is 15.2. The van der Waals surface area contributed by atoms with E-state index in [1.165, 1.54) is 36.2 Å². The second-order valence-corrected chi connectivity index (χ2v) is 5.32. The molecule has 3 rings (SSSR count). The van der Waals surface area contributed by atoms with Crippen LogP contribution < -0.4 is 0 Å². The Kier molecular flexibility index (Phi) is 3.60. The molecule has 1 fully saturated rings. The van der Waals surface area contributed by atoms with E-state index in [4.69, 9.17) is 0 Å². The minimum absolute atomic E-state index is 0.487. The van der Waals surface area contributed by atoms with Crippen molar-refractivity contribution in [2.24, 2.45) is 0 Å². The van der Waals surface area contributed by atoms with Gasteiger partial charge in [0, 0.05) is 12.7 Å². The van der Waals surface area contributed by atoms with E-state index in [9.17, 15) is 0 Å². The lowest BCUT2D eigenvalue weighted by atomic mass is 10.1. The predicted molar refractivity (Wildman–Crippen MR) is 77.8 cm³/mol. The average molecular weight is 252 g/mol. The number of hydrogen-bond donors (Lipinski definition) is 0. The number of aromatic nitrogens is 1. The highest BCUT2D eigenvalue weighted by molar-refractivity contribution is 5.23. The monoisotopic (exact) mass is 252 g/mol. The summed E-state index contributed by atoms with van der Waals surface area (Å²) in [6, 6.07) is 15.4. The van der Waals surface area contributed by atoms with Crippen molar-refractivity contribution in [3.63, 3.8) is 0 Å². The molecule has 0 radical (unpaired) electrons. The van der Waals surface area contributed by atoms with E-state index < -0.39 is 0 Å². The van der Waals surface area contributed by atoms with Crippen LogP contribution in [-0.4, -0.2) is 16.4 Å². The Balaban J connectivity index is 1.81. The molecule has 1 atom stereocenters. The maximum Gasteiger partial charge on any atom is 0.0604 e. The Morgan fingerprint density at radius 2 is 2.00 bits per heavy atom. The molecule has 98 valence electrons. The maximum atomic E-state index is 4.61. The van der Waals surface area contributed by atoms with Gasteiger partial charge in [-0.05, 0) is 43.5 Å². The Morgan fingerprint density at radius 3 is 2.79 bits per heavy atom. The number of benzene rings is 1. The van der Waals surface area contributed by atoms with E-state index in [2.05, 4.69) is 53.2 Å². The highest BCUT2D eigenvalue weighted by Gasteiger charge is 2.27. The third-order valence-electron chi connectivity index (χ3n) is 3.96. The zero-order chi connectivity index (χ0) is 13.1. The first-order valence-electron chi connectivity index (χ1n) is 7.04. The van der Waals surface area contributed by atoms with Gasteiger partial charge in [0.2, 0.25) is 0 Å². The quantitative estimate of drug-likeness (QED) is 0.827. The molecule has 0 spiro atoms. The van der Waals surface area contributed by atoms with E-state index >= 15 is 0 Å². The molecule has 19 heavy (non-hydrogen) atoms. The van der Waals surface area contributed by atoms with Crippen molar-refractivity contribution in [2.45, 2.75) is 32.4 Å². The second-order valence-electron chi connectivity index (χ2n) is 5.32. The Labute approximate surface area is 115 Å². The SMILES string of the molecule is Cc1cccnc1C1CCCN1Cc1ccccc1. The largest absolute Gasteiger partial charge is 0.291 e. The van der Waals surface area contributed by atoms with Gasteiger partial charge in [-0.25, -0.2) is 0 Å². The van der Waals surface area contributed by atoms with Gasteiger partial charge in [-0.3, -0.25) is 9.88 Å². The summed E-state index contributed by atoms with van der Waals surface area (Å²) < 4.78 is 0. The van der Waals surface area contributed by atoms with Crippen molar-refractivity contribution in [1.82, 2.24) is 9.88 Å². The van der Waals surface area contributed by atoms with Crippen molar-refractivity contribution >= 4 is 0 Å². The summed E-state index contributed by atoms with van der Waals surface area (Å²) in [6.07, 6.45) is 4.42. The van der Waals surface area contributed by atoms with Crippen LogP contribution in [-0.2, 0) is 6.54 Å². The fraction of sp³-hybridized carbons (Fsp3) is 0.353. The van der Waals surface area contributed by atoms with Crippen LogP contribution in [0.15, 0.2) is 48.7 Å². The molecule has 1 aliphatic rings. The highest BCUT2D eigenvalue weighted by Crippen LogP contribution is 2.33. The minimum atomic E-state index is 0.487. The summed E-state index contributed by atoms with van der Waals surface area (Å²) in [5.41, 5.74) is 3.96. The Hall–Kier alpha value is -1.67. The lowest BCUT2D eigenvalue weighted by molar-refractivity contribution is 0.243. The molecule has 1 aromatic carbocycles. The predicted octanol–water partition coefficient (Wildman–Crippen LogP) is 3.73. The standard InChI is InChI=1S/C17H20N2/c1-14-7-5-11-18-17(14)16-10-6-12-19(16)13-15-8-3-2-4-9-15/h2-5,7-9,11,16H,6,10,12-13H2,1H3. The van der Waals surface area contributed by atoms with E-state index in [0.29, 0.717) is 6.04 Å². The number of likely N-dealkylation sites (tertiary alicyclic amines) is 1. The van der Waals surface area contributed by atoms with Crippen molar-refractivity contribution in [2.75, 3.05) is 6.54 Å². The van der Waals surface area contributed by atoms with Crippen LogP contribution in [0.3, 0.4) is 0 Å². The summed E-state index contributed by atoms with van der Waals surface area (Å²) in [5.74, 6) is 0. The number of pyridine rings is 1. The first-order chi connectivity index (χ1) is 9.34. The van der Waals surface area contributed by atoms with Crippen molar-refractivity contribution in [1.29, 1.82) is 0 Å². The molecule has 0 saturated carbocycles. The molecule has 1 unspecified atom stereocenters. The van der Waals surface area contributed by atoms with Gasteiger partial charge in [-0.2, -0.15) is 0 Å². The minimum Gasteiger partial charge on any atom is -0.291 e. The van der Waals surface area contributed by atoms with E-state index in [1.807, 2.05) is 12.3 Å². The number of nitrogens with zero attached hydrogens (tertiary/aromatic N) is 2. The van der Waals surface area contributed by atoms with Crippen LogP contribution in [0.2, 0.25) is 0 Å². The normalized spacial score (nSPS) is 19.7. The fourth-order valence-electron chi connectivity index (χ4n) is 2.99. The van der Waals surface area contributed by atoms with E-state index in [0.717, 1.165) is 6.54 Å². The summed E-state index contributed by atoms with van der Waals surface area (Å²) in [7, 11) is 0. The summed E-state index contributed by atoms with van der Waals surface area (Å²) in [5, 5.41) is 0. The molecular weight excluding hydrogens is 232 g/mol. The topological polar surface area (TPSA) is 16.1 Å². The molecular formula is C17H20N2. The van der Waals surface area contributed by atoms with Crippen LogP contribution in [0.5, 0.6) is 0 Å². The van der Waals surface area contributed by atoms with Gasteiger partial charge in [-0.15, -0.1) is 0 Å². The molecule has 2 nitrogen and oxygen atoms in total. The average Bonchev–Trinajstić information content (AvgIpc) is 2.88. The summed E-state index contributed by atoms with van der Waals surface area (Å²) in [4.78, 5) is 7.17. The zero-order valence-corrected chi connectivity index (χ0v) is 11.4. The van der Waals surface area contributed by atoms with Crippen LogP contribution in [0.1, 0.15) is 35.7 Å². The first kappa shape index (κ1) is 12.4. The van der Waals surface area contributed by atoms with Gasteiger partial charge in [0.15, 0.2) is 0 Å². The zero-order valence-electron chi connectivity index (χ0n) is 11.4. The van der Waals surface area contributed by atoms with E-state index in [1.54, 1.807) is 0 Å². The van der Waals surface area contributed by atoms with Gasteiger partial charge in [0.1, 0.15) is 0 Å². The summed E-state index contributed by atoms with van der Waals surface area (Å²) >= 11 is 0. The van der Waals surface area contributed by atoms with Crippen LogP contribution in [0.4, 0.5) is 0 Å². The lowest BCUT2D eigenvalue weighted by Gasteiger charge is -2.25. The number of hydrogen-bond acceptors (Lipinski definition) is 2.